The predicted octanol–water partition coefficient (Wildman–Crippen LogP) is -0.576. The molecule has 15 N–H and O–H groups in total. The van der Waals surface area contributed by atoms with E-state index in [0.29, 0.717) is 0 Å². The summed E-state index contributed by atoms with van der Waals surface area (Å²) in [5.41, 5.74) is 6.07. The van der Waals surface area contributed by atoms with Gasteiger partial charge in [-0.1, -0.05) is 92.0 Å². The topological polar surface area (TPSA) is 372 Å². The standard InChI is InChI=1S/C49H81N3O18S/c1-5-6-7-8-9-10-11-12-13-14-15-16-17-19-37(69-48-46(62)44(50)45(61)33(4)68-48)27-41-43(47(63)52-22-18-23-71(51,65)66)40(59)29-49(64,70-41)28-36(56)25-39(58)38(57)21-20-34(54)24-35(55)26-42(60)67-32(3)31(2)30-53/h5-17,19,31-41,43-46,48,53-59,61-62,64H,18,20-30,50H2,1-4H3,(H,52,63)(H2,51,65,66)/b6-5+,8-7+,10-9+,12-11+,14-13+,16-15+,19-17+/t31-,32+,33-,34-,35-,36+,37+,38-,39-,40+,41+,43-,44+,45-,46+,48+,49-/m1/s1. The number of primary sulfonamides is 1. The molecule has 0 aromatic heterocycles. The molecule has 2 rings (SSSR count). The molecule has 0 radical (unpaired) electrons. The van der Waals surface area contributed by atoms with Crippen LogP contribution in [0.2, 0.25) is 0 Å². The monoisotopic (exact) mass is 1030 g/mol. The first kappa shape index (κ1) is 63.6. The van der Waals surface area contributed by atoms with Gasteiger partial charge in [-0.2, -0.15) is 0 Å². The number of aliphatic hydroxyl groups excluding tert-OH is 9. The van der Waals surface area contributed by atoms with Crippen LogP contribution in [0.1, 0.15) is 85.5 Å². The van der Waals surface area contributed by atoms with Crippen molar-refractivity contribution in [2.24, 2.45) is 22.7 Å². The van der Waals surface area contributed by atoms with Gasteiger partial charge in [0.25, 0.3) is 0 Å². The zero-order chi connectivity index (χ0) is 53.3. The van der Waals surface area contributed by atoms with E-state index in [1.807, 2.05) is 55.5 Å². The second kappa shape index (κ2) is 32.6. The Morgan fingerprint density at radius 3 is 2.01 bits per heavy atom. The van der Waals surface area contributed by atoms with Gasteiger partial charge >= 0.3 is 5.97 Å². The quantitative estimate of drug-likeness (QED) is 0.0235. The van der Waals surface area contributed by atoms with Gasteiger partial charge in [0.2, 0.25) is 15.9 Å². The second-order valence-electron chi connectivity index (χ2n) is 18.3. The SMILES string of the molecule is C/C=C/C=C/C=C/C=C/C=C/C=C/C=C/[C@@H](C[C@@H]1O[C@](O)(C[C@@H](O)C[C@@H](O)[C@H](O)CC[C@@H](O)C[C@@H](O)CC(=O)O[C@@H](C)[C@H](C)CO)C[C@H](O)[C@H]1C(=O)NCCCS(N)(=O)=O)O[C@@H]1O[C@H](C)[C@@H](O)[C@H](N)[C@@H]1O. The number of sulfonamides is 1. The molecule has 2 heterocycles. The molecule has 0 unspecified atom stereocenters. The van der Waals surface area contributed by atoms with Crippen molar-refractivity contribution in [3.8, 4) is 0 Å². The third-order valence-electron chi connectivity index (χ3n) is 12.0. The Bertz CT molecular complexity index is 1900. The third kappa shape index (κ3) is 24.8. The maximum absolute atomic E-state index is 13.7. The lowest BCUT2D eigenvalue weighted by Crippen LogP contribution is -2.62. The van der Waals surface area contributed by atoms with Crippen molar-refractivity contribution in [1.82, 2.24) is 5.32 Å². The highest BCUT2D eigenvalue weighted by Gasteiger charge is 2.51. The molecule has 0 aromatic carbocycles. The fraction of sp³-hybridized carbons (Fsp3) is 0.673. The highest BCUT2D eigenvalue weighted by Crippen LogP contribution is 2.38. The van der Waals surface area contributed by atoms with E-state index in [2.05, 4.69) is 5.32 Å². The molecular weight excluding hydrogens is 951 g/mol. The molecule has 0 aliphatic carbocycles. The van der Waals surface area contributed by atoms with Gasteiger partial charge in [-0.05, 0) is 46.5 Å². The average Bonchev–Trinajstić information content (AvgIpc) is 3.28. The van der Waals surface area contributed by atoms with Gasteiger partial charge in [0, 0.05) is 44.8 Å². The van der Waals surface area contributed by atoms with Gasteiger partial charge in [-0.3, -0.25) is 9.59 Å². The van der Waals surface area contributed by atoms with Crippen molar-refractivity contribution >= 4 is 21.9 Å². The number of nitrogens with one attached hydrogen (secondary N) is 1. The van der Waals surface area contributed by atoms with E-state index in [4.69, 9.17) is 29.8 Å². The van der Waals surface area contributed by atoms with Crippen molar-refractivity contribution in [1.29, 1.82) is 0 Å². The van der Waals surface area contributed by atoms with Gasteiger partial charge in [0.1, 0.15) is 12.2 Å². The van der Waals surface area contributed by atoms with Crippen LogP contribution in [-0.2, 0) is 38.6 Å². The first-order valence-corrected chi connectivity index (χ1v) is 25.7. The van der Waals surface area contributed by atoms with Crippen LogP contribution in [0.4, 0.5) is 0 Å². The molecule has 22 heteroatoms. The van der Waals surface area contributed by atoms with Crippen LogP contribution in [-0.4, -0.2) is 182 Å². The summed E-state index contributed by atoms with van der Waals surface area (Å²) >= 11 is 0. The highest BCUT2D eigenvalue weighted by molar-refractivity contribution is 7.89. The Kier molecular flexibility index (Phi) is 29.2. The lowest BCUT2D eigenvalue weighted by Gasteiger charge is -2.46. The smallest absolute Gasteiger partial charge is 0.308 e. The summed E-state index contributed by atoms with van der Waals surface area (Å²) in [7, 11) is -3.86. The Hall–Kier alpha value is -3.53. The molecule has 2 fully saturated rings. The summed E-state index contributed by atoms with van der Waals surface area (Å²) in [6.07, 6.45) is 4.80. The van der Waals surface area contributed by atoms with E-state index in [9.17, 15) is 69.1 Å². The van der Waals surface area contributed by atoms with Gasteiger partial charge in [0.05, 0.1) is 85.2 Å². The highest BCUT2D eigenvalue weighted by atomic mass is 32.2. The number of ether oxygens (including phenoxy) is 4. The number of carbonyl (C=O) groups excluding carboxylic acids is 2. The van der Waals surface area contributed by atoms with Crippen molar-refractivity contribution in [2.75, 3.05) is 18.9 Å². The lowest BCUT2D eigenvalue weighted by molar-refractivity contribution is -0.307. The van der Waals surface area contributed by atoms with Gasteiger partial charge < -0.3 is 81.1 Å². The summed E-state index contributed by atoms with van der Waals surface area (Å²) in [6.45, 7) is 6.35. The first-order chi connectivity index (χ1) is 33.4. The van der Waals surface area contributed by atoms with Crippen molar-refractivity contribution < 1.29 is 88.0 Å². The van der Waals surface area contributed by atoms with E-state index >= 15 is 0 Å². The summed E-state index contributed by atoms with van der Waals surface area (Å²) < 4.78 is 46.3. The summed E-state index contributed by atoms with van der Waals surface area (Å²) in [6, 6.07) is -1.17. The number of esters is 1. The molecule has 0 saturated carbocycles. The van der Waals surface area contributed by atoms with Crippen LogP contribution in [0.15, 0.2) is 85.1 Å². The molecule has 0 aromatic rings. The number of hydrogen-bond donors (Lipinski definition) is 13. The molecular formula is C49H81N3O18S. The second-order valence-corrected chi connectivity index (χ2v) is 20.1. The zero-order valence-corrected chi connectivity index (χ0v) is 41.9. The minimum Gasteiger partial charge on any atom is -0.462 e. The largest absolute Gasteiger partial charge is 0.462 e. The number of amides is 1. The Morgan fingerprint density at radius 2 is 1.44 bits per heavy atom. The fourth-order valence-electron chi connectivity index (χ4n) is 7.75. The molecule has 0 bridgehead atoms. The van der Waals surface area contributed by atoms with Crippen molar-refractivity contribution in [2.45, 2.75) is 177 Å². The molecule has 2 saturated heterocycles. The summed E-state index contributed by atoms with van der Waals surface area (Å²) in [5, 5.41) is 115. The molecule has 2 aliphatic rings. The van der Waals surface area contributed by atoms with Crippen LogP contribution in [0.3, 0.4) is 0 Å². The van der Waals surface area contributed by atoms with Crippen LogP contribution in [0.25, 0.3) is 0 Å². The third-order valence-corrected chi connectivity index (χ3v) is 12.9. The van der Waals surface area contributed by atoms with Gasteiger partial charge in [-0.25, -0.2) is 13.6 Å². The molecule has 17 atom stereocenters. The van der Waals surface area contributed by atoms with Crippen LogP contribution in [0.5, 0.6) is 0 Å². The molecule has 71 heavy (non-hydrogen) atoms. The van der Waals surface area contributed by atoms with Crippen LogP contribution < -0.4 is 16.2 Å². The number of carbonyl (C=O) groups is 2. The maximum Gasteiger partial charge on any atom is 0.308 e. The van der Waals surface area contributed by atoms with E-state index in [1.54, 1.807) is 44.2 Å². The lowest BCUT2D eigenvalue weighted by atomic mass is 9.82. The normalized spacial score (nSPS) is 29.4. The predicted molar refractivity (Wildman–Crippen MR) is 263 cm³/mol. The molecule has 1 amide bonds. The minimum atomic E-state index is -3.86. The fourth-order valence-corrected chi connectivity index (χ4v) is 8.30. The van der Waals surface area contributed by atoms with Crippen LogP contribution >= 0.6 is 0 Å². The summed E-state index contributed by atoms with van der Waals surface area (Å²) in [5.74, 6) is -6.07. The number of nitrogens with two attached hydrogens (primary N) is 2. The molecule has 2 aliphatic heterocycles. The van der Waals surface area contributed by atoms with E-state index in [1.165, 1.54) is 13.0 Å². The van der Waals surface area contributed by atoms with Crippen molar-refractivity contribution in [3.05, 3.63) is 85.1 Å². The zero-order valence-electron chi connectivity index (χ0n) is 41.1. The molecule has 406 valence electrons. The van der Waals surface area contributed by atoms with Crippen LogP contribution in [0, 0.1) is 11.8 Å². The summed E-state index contributed by atoms with van der Waals surface area (Å²) in [4.78, 5) is 25.9. The van der Waals surface area contributed by atoms with Gasteiger partial charge in [-0.15, -0.1) is 0 Å². The Balaban J connectivity index is 2.28. The Morgan fingerprint density at radius 1 is 0.845 bits per heavy atom. The van der Waals surface area contributed by atoms with E-state index in [0.717, 1.165) is 0 Å². The number of aliphatic hydroxyl groups is 10. The number of allylic oxidation sites excluding steroid dienone is 13. The van der Waals surface area contributed by atoms with Crippen molar-refractivity contribution in [3.63, 3.8) is 0 Å². The number of hydrogen-bond acceptors (Lipinski definition) is 19. The van der Waals surface area contributed by atoms with E-state index < -0.39 is 151 Å². The van der Waals surface area contributed by atoms with Gasteiger partial charge in [0.15, 0.2) is 12.1 Å². The average molecular weight is 1030 g/mol. The minimum absolute atomic E-state index is 0.0662. The molecule has 0 spiro atoms. The molecule has 21 nitrogen and oxygen atoms in total. The first-order valence-electron chi connectivity index (χ1n) is 24.0. The number of rotatable bonds is 31. The maximum atomic E-state index is 13.7. The van der Waals surface area contributed by atoms with E-state index in [-0.39, 0.29) is 51.2 Å². The Labute approximate surface area is 417 Å².